The Hall–Kier alpha value is -5.02. The standard InChI is InChI=1S/C37H24BNO/c1-4-13-25(14-5-1)37(26-15-6-2-7-16-26)28-19-10-21-30-34(28)39-35-29(37)20-11-23-32(35)40-33-24-12-22-31(36(33)39)38(30)27-17-8-3-9-18-27/h1-24H. The van der Waals surface area contributed by atoms with Gasteiger partial charge in [-0.05, 0) is 45.3 Å². The van der Waals surface area contributed by atoms with Gasteiger partial charge in [-0.15, -0.1) is 0 Å². The number of benzene rings is 6. The Labute approximate surface area is 234 Å². The smallest absolute Gasteiger partial charge is 0.246 e. The summed E-state index contributed by atoms with van der Waals surface area (Å²) in [5.41, 5.74) is 12.0. The van der Waals surface area contributed by atoms with E-state index >= 15 is 0 Å². The van der Waals surface area contributed by atoms with Crippen molar-refractivity contribution < 1.29 is 4.74 Å². The minimum Gasteiger partial charge on any atom is -0.453 e. The van der Waals surface area contributed by atoms with Crippen LogP contribution in [0.2, 0.25) is 0 Å². The molecule has 0 radical (unpaired) electrons. The second kappa shape index (κ2) is 8.00. The maximum Gasteiger partial charge on any atom is 0.246 e. The average molecular weight is 509 g/mol. The van der Waals surface area contributed by atoms with E-state index in [1.807, 2.05) is 0 Å². The van der Waals surface area contributed by atoms with E-state index in [0.717, 1.165) is 22.9 Å². The summed E-state index contributed by atoms with van der Waals surface area (Å²) in [4.78, 5) is 2.51. The Morgan fingerprint density at radius 2 is 0.950 bits per heavy atom. The zero-order chi connectivity index (χ0) is 26.3. The molecule has 0 N–H and O–H groups in total. The van der Waals surface area contributed by atoms with Crippen molar-refractivity contribution in [3.05, 3.63) is 168 Å². The highest BCUT2D eigenvalue weighted by atomic mass is 16.5. The molecule has 0 unspecified atom stereocenters. The van der Waals surface area contributed by atoms with Crippen molar-refractivity contribution in [3.8, 4) is 11.5 Å². The summed E-state index contributed by atoms with van der Waals surface area (Å²) in [6.45, 7) is 0.0991. The molecule has 2 nitrogen and oxygen atoms in total. The lowest BCUT2D eigenvalue weighted by Crippen LogP contribution is -2.59. The lowest BCUT2D eigenvalue weighted by atomic mass is 9.34. The third kappa shape index (κ3) is 2.64. The van der Waals surface area contributed by atoms with Crippen LogP contribution < -0.4 is 26.0 Å². The molecular weight excluding hydrogens is 485 g/mol. The van der Waals surface area contributed by atoms with Crippen LogP contribution in [0.25, 0.3) is 0 Å². The molecule has 6 aromatic carbocycles. The average Bonchev–Trinajstić information content (AvgIpc) is 3.03. The molecule has 6 aromatic rings. The summed E-state index contributed by atoms with van der Waals surface area (Å²) in [5.74, 6) is 1.81. The molecule has 0 atom stereocenters. The topological polar surface area (TPSA) is 12.5 Å². The van der Waals surface area contributed by atoms with Crippen molar-refractivity contribution in [1.29, 1.82) is 0 Å². The Kier molecular flexibility index (Phi) is 4.37. The van der Waals surface area contributed by atoms with E-state index in [-0.39, 0.29) is 6.71 Å². The SMILES string of the molecule is c1ccc(B2c3cccc4c3N3c5c(cccc5C(c5ccccc5)(c5ccccc5)c5cccc2c53)O4)cc1. The van der Waals surface area contributed by atoms with Gasteiger partial charge in [0.2, 0.25) is 6.71 Å². The van der Waals surface area contributed by atoms with E-state index in [1.165, 1.54) is 44.3 Å². The molecule has 3 heteroatoms. The van der Waals surface area contributed by atoms with Crippen LogP contribution in [0.5, 0.6) is 11.5 Å². The van der Waals surface area contributed by atoms with Gasteiger partial charge in [0.1, 0.15) is 0 Å². The van der Waals surface area contributed by atoms with Gasteiger partial charge in [0, 0.05) is 5.69 Å². The van der Waals surface area contributed by atoms with Gasteiger partial charge in [-0.2, -0.15) is 0 Å². The van der Waals surface area contributed by atoms with E-state index in [0.29, 0.717) is 0 Å². The van der Waals surface area contributed by atoms with Gasteiger partial charge in [-0.25, -0.2) is 0 Å². The van der Waals surface area contributed by atoms with Gasteiger partial charge >= 0.3 is 0 Å². The van der Waals surface area contributed by atoms with Crippen LogP contribution in [0.15, 0.2) is 146 Å². The first kappa shape index (κ1) is 21.9. The summed E-state index contributed by atoms with van der Waals surface area (Å²) in [6, 6.07) is 52.9. The first-order valence-electron chi connectivity index (χ1n) is 13.9. The van der Waals surface area contributed by atoms with Gasteiger partial charge in [0.15, 0.2) is 11.5 Å². The van der Waals surface area contributed by atoms with E-state index in [2.05, 4.69) is 150 Å². The molecule has 3 aliphatic heterocycles. The zero-order valence-corrected chi connectivity index (χ0v) is 21.8. The summed E-state index contributed by atoms with van der Waals surface area (Å²) >= 11 is 0. The molecule has 3 heterocycles. The molecule has 0 fully saturated rings. The molecule has 0 aliphatic carbocycles. The molecule has 0 spiro atoms. The third-order valence-corrected chi connectivity index (χ3v) is 8.96. The minimum absolute atomic E-state index is 0.0991. The van der Waals surface area contributed by atoms with E-state index in [1.54, 1.807) is 0 Å². The van der Waals surface area contributed by atoms with E-state index in [9.17, 15) is 0 Å². The third-order valence-electron chi connectivity index (χ3n) is 8.96. The maximum absolute atomic E-state index is 6.76. The van der Waals surface area contributed by atoms with Crippen LogP contribution in [-0.2, 0) is 5.41 Å². The molecule has 0 saturated carbocycles. The second-order valence-corrected chi connectivity index (χ2v) is 10.9. The summed E-state index contributed by atoms with van der Waals surface area (Å²) in [7, 11) is 0. The van der Waals surface area contributed by atoms with Gasteiger partial charge in [0.25, 0.3) is 0 Å². The molecular formula is C37H24BNO. The van der Waals surface area contributed by atoms with Crippen LogP contribution in [-0.4, -0.2) is 6.71 Å². The molecule has 3 aliphatic rings. The van der Waals surface area contributed by atoms with Crippen molar-refractivity contribution in [2.75, 3.05) is 4.90 Å². The molecule has 0 bridgehead atoms. The van der Waals surface area contributed by atoms with E-state index in [4.69, 9.17) is 4.74 Å². The number of ether oxygens (including phenoxy) is 1. The predicted octanol–water partition coefficient (Wildman–Crippen LogP) is 6.79. The highest BCUT2D eigenvalue weighted by Gasteiger charge is 2.52. The fourth-order valence-electron chi connectivity index (χ4n) is 7.51. The Balaban J connectivity index is 1.49. The lowest BCUT2D eigenvalue weighted by Gasteiger charge is -2.51. The molecule has 0 aromatic heterocycles. The highest BCUT2D eigenvalue weighted by Crippen LogP contribution is 2.63. The fourth-order valence-corrected chi connectivity index (χ4v) is 7.51. The van der Waals surface area contributed by atoms with Crippen molar-refractivity contribution >= 4 is 40.2 Å². The van der Waals surface area contributed by atoms with Gasteiger partial charge in [-0.1, -0.05) is 139 Å². The van der Waals surface area contributed by atoms with Crippen LogP contribution in [0.1, 0.15) is 22.3 Å². The Morgan fingerprint density at radius 3 is 1.60 bits per heavy atom. The monoisotopic (exact) mass is 509 g/mol. The van der Waals surface area contributed by atoms with Gasteiger partial charge < -0.3 is 9.64 Å². The number of hydrogen-bond donors (Lipinski definition) is 0. The second-order valence-electron chi connectivity index (χ2n) is 10.9. The van der Waals surface area contributed by atoms with Gasteiger partial charge in [0.05, 0.1) is 16.8 Å². The van der Waals surface area contributed by atoms with Crippen molar-refractivity contribution in [2.24, 2.45) is 0 Å². The van der Waals surface area contributed by atoms with Crippen LogP contribution in [0.3, 0.4) is 0 Å². The largest absolute Gasteiger partial charge is 0.453 e. The first-order valence-corrected chi connectivity index (χ1v) is 13.9. The molecule has 0 amide bonds. The number of anilines is 3. The number of nitrogens with zero attached hydrogens (tertiary/aromatic N) is 1. The Morgan fingerprint density at radius 1 is 0.450 bits per heavy atom. The zero-order valence-electron chi connectivity index (χ0n) is 21.8. The fraction of sp³-hybridized carbons (Fsp3) is 0.0270. The van der Waals surface area contributed by atoms with Crippen molar-refractivity contribution in [3.63, 3.8) is 0 Å². The predicted molar refractivity (Wildman–Crippen MR) is 164 cm³/mol. The minimum atomic E-state index is -0.510. The van der Waals surface area contributed by atoms with Crippen LogP contribution >= 0.6 is 0 Å². The van der Waals surface area contributed by atoms with Crippen LogP contribution in [0, 0.1) is 0 Å². The van der Waals surface area contributed by atoms with Gasteiger partial charge in [-0.3, -0.25) is 0 Å². The summed E-state index contributed by atoms with van der Waals surface area (Å²) in [6.07, 6.45) is 0. The van der Waals surface area contributed by atoms with Crippen molar-refractivity contribution in [1.82, 2.24) is 0 Å². The quantitative estimate of drug-likeness (QED) is 0.243. The maximum atomic E-state index is 6.76. The lowest BCUT2D eigenvalue weighted by molar-refractivity contribution is 0.474. The molecule has 0 saturated heterocycles. The number of rotatable bonds is 3. The summed E-state index contributed by atoms with van der Waals surface area (Å²) in [5, 5.41) is 0. The molecule has 9 rings (SSSR count). The Bertz CT molecular complexity index is 1900. The van der Waals surface area contributed by atoms with Crippen molar-refractivity contribution in [2.45, 2.75) is 5.41 Å². The van der Waals surface area contributed by atoms with E-state index < -0.39 is 5.41 Å². The number of hydrogen-bond acceptors (Lipinski definition) is 2. The normalized spacial score (nSPS) is 14.8. The number of para-hydroxylation sites is 3. The first-order chi connectivity index (χ1) is 19.9. The van der Waals surface area contributed by atoms with Crippen LogP contribution in [0.4, 0.5) is 17.1 Å². The summed E-state index contributed by atoms with van der Waals surface area (Å²) < 4.78 is 6.76. The molecule has 186 valence electrons. The highest BCUT2D eigenvalue weighted by molar-refractivity contribution is 6.98. The molecule has 40 heavy (non-hydrogen) atoms.